The average molecular weight is 206 g/mol. The number of Topliss-reactive ketones (excluding diaryl/α,β-unsaturated/α-hetero) is 1. The molecule has 0 saturated heterocycles. The van der Waals surface area contributed by atoms with E-state index in [0.717, 1.165) is 12.0 Å². The molecule has 0 bridgehead atoms. The molecule has 1 aromatic rings. The van der Waals surface area contributed by atoms with Gasteiger partial charge in [-0.2, -0.15) is 0 Å². The molecule has 0 aromatic heterocycles. The van der Waals surface area contributed by atoms with Gasteiger partial charge in [0.05, 0.1) is 0 Å². The second-order valence-corrected chi connectivity index (χ2v) is 3.48. The van der Waals surface area contributed by atoms with Gasteiger partial charge >= 0.3 is 0 Å². The lowest BCUT2D eigenvalue weighted by molar-refractivity contribution is -0.130. The van der Waals surface area contributed by atoms with Gasteiger partial charge in [0.25, 0.3) is 0 Å². The molecule has 1 atom stereocenters. The second-order valence-electron chi connectivity index (χ2n) is 3.48. The fourth-order valence-electron chi connectivity index (χ4n) is 1.42. The largest absolute Gasteiger partial charge is 0.366 e. The van der Waals surface area contributed by atoms with Crippen LogP contribution in [-0.4, -0.2) is 12.4 Å². The van der Waals surface area contributed by atoms with Gasteiger partial charge in [-0.15, -0.1) is 0 Å². The smallest absolute Gasteiger partial charge is 0.165 e. The van der Waals surface area contributed by atoms with Crippen molar-refractivity contribution in [1.29, 1.82) is 0 Å². The first kappa shape index (κ1) is 11.9. The summed E-state index contributed by atoms with van der Waals surface area (Å²) in [6, 6.07) is 9.68. The molecule has 1 rings (SSSR count). The quantitative estimate of drug-likeness (QED) is 0.714. The minimum Gasteiger partial charge on any atom is -0.366 e. The van der Waals surface area contributed by atoms with E-state index in [9.17, 15) is 4.79 Å². The van der Waals surface area contributed by atoms with Crippen LogP contribution < -0.4 is 0 Å². The van der Waals surface area contributed by atoms with E-state index in [2.05, 4.69) is 0 Å². The van der Waals surface area contributed by atoms with E-state index in [1.54, 1.807) is 0 Å². The van der Waals surface area contributed by atoms with E-state index >= 15 is 0 Å². The topological polar surface area (TPSA) is 26.3 Å². The van der Waals surface area contributed by atoms with Gasteiger partial charge in [-0.1, -0.05) is 44.2 Å². The fourth-order valence-corrected chi connectivity index (χ4v) is 1.42. The van der Waals surface area contributed by atoms with E-state index < -0.39 is 0 Å². The molecular weight excluding hydrogens is 188 g/mol. The summed E-state index contributed by atoms with van der Waals surface area (Å²) >= 11 is 0. The Morgan fingerprint density at radius 2 is 1.93 bits per heavy atom. The van der Waals surface area contributed by atoms with E-state index in [1.165, 1.54) is 0 Å². The number of benzene rings is 1. The third kappa shape index (κ3) is 3.48. The van der Waals surface area contributed by atoms with Crippen LogP contribution in [0.25, 0.3) is 0 Å². The van der Waals surface area contributed by atoms with E-state index in [0.29, 0.717) is 13.0 Å². The molecule has 2 heteroatoms. The number of ketones is 1. The molecule has 15 heavy (non-hydrogen) atoms. The molecule has 0 heterocycles. The van der Waals surface area contributed by atoms with Crippen molar-refractivity contribution >= 4 is 5.78 Å². The number of carbonyl (C=O) groups is 1. The Labute approximate surface area is 91.3 Å². The summed E-state index contributed by atoms with van der Waals surface area (Å²) in [5.74, 6) is 0.148. The van der Waals surface area contributed by atoms with E-state index in [-0.39, 0.29) is 11.9 Å². The highest BCUT2D eigenvalue weighted by Crippen LogP contribution is 2.19. The highest BCUT2D eigenvalue weighted by molar-refractivity contribution is 5.84. The zero-order valence-corrected chi connectivity index (χ0v) is 9.40. The molecule has 0 aliphatic rings. The molecule has 0 spiro atoms. The average Bonchev–Trinajstić information content (AvgIpc) is 2.30. The van der Waals surface area contributed by atoms with E-state index in [4.69, 9.17) is 4.74 Å². The lowest BCUT2D eigenvalue weighted by atomic mass is 10.0. The van der Waals surface area contributed by atoms with Crippen molar-refractivity contribution in [2.75, 3.05) is 6.61 Å². The first-order valence-electron chi connectivity index (χ1n) is 5.48. The van der Waals surface area contributed by atoms with Crippen molar-refractivity contribution in [3.63, 3.8) is 0 Å². The molecule has 0 radical (unpaired) electrons. The van der Waals surface area contributed by atoms with Crippen LogP contribution in [0.1, 0.15) is 38.4 Å². The Hall–Kier alpha value is -1.15. The van der Waals surface area contributed by atoms with Crippen LogP contribution in [0.2, 0.25) is 0 Å². The molecule has 0 aliphatic carbocycles. The monoisotopic (exact) mass is 206 g/mol. The lowest BCUT2D eigenvalue weighted by Gasteiger charge is -2.15. The van der Waals surface area contributed by atoms with Gasteiger partial charge in [-0.05, 0) is 12.0 Å². The molecule has 0 saturated carbocycles. The van der Waals surface area contributed by atoms with Gasteiger partial charge in [0.15, 0.2) is 5.78 Å². The standard InChI is InChI=1S/C13H18O2/c1-3-10-15-13(12(14)4-2)11-8-6-5-7-9-11/h5-9,13H,3-4,10H2,1-2H3. The Kier molecular flexibility index (Phi) is 5.05. The minimum absolute atomic E-state index is 0.148. The Morgan fingerprint density at radius 3 is 2.47 bits per heavy atom. The van der Waals surface area contributed by atoms with Crippen molar-refractivity contribution < 1.29 is 9.53 Å². The molecular formula is C13H18O2. The summed E-state index contributed by atoms with van der Waals surface area (Å²) in [6.07, 6.45) is 1.07. The number of carbonyl (C=O) groups excluding carboxylic acids is 1. The summed E-state index contributed by atoms with van der Waals surface area (Å²) in [5.41, 5.74) is 0.956. The molecule has 0 aliphatic heterocycles. The second kappa shape index (κ2) is 6.36. The van der Waals surface area contributed by atoms with Crippen molar-refractivity contribution in [2.45, 2.75) is 32.8 Å². The van der Waals surface area contributed by atoms with Crippen LogP contribution >= 0.6 is 0 Å². The summed E-state index contributed by atoms with van der Waals surface area (Å²) in [7, 11) is 0. The van der Waals surface area contributed by atoms with Crippen LogP contribution in [0.3, 0.4) is 0 Å². The van der Waals surface area contributed by atoms with Crippen molar-refractivity contribution in [1.82, 2.24) is 0 Å². The summed E-state index contributed by atoms with van der Waals surface area (Å²) in [4.78, 5) is 11.7. The highest BCUT2D eigenvalue weighted by atomic mass is 16.5. The maximum Gasteiger partial charge on any atom is 0.165 e. The zero-order valence-electron chi connectivity index (χ0n) is 9.40. The van der Waals surface area contributed by atoms with E-state index in [1.807, 2.05) is 44.2 Å². The van der Waals surface area contributed by atoms with Crippen LogP contribution in [0.5, 0.6) is 0 Å². The molecule has 82 valence electrons. The zero-order chi connectivity index (χ0) is 11.1. The third-order valence-corrected chi connectivity index (χ3v) is 2.23. The van der Waals surface area contributed by atoms with Gasteiger partial charge in [0.1, 0.15) is 6.10 Å². The maximum atomic E-state index is 11.7. The van der Waals surface area contributed by atoms with Gasteiger partial charge in [-0.3, -0.25) is 4.79 Å². The lowest BCUT2D eigenvalue weighted by Crippen LogP contribution is -2.15. The number of hydrogen-bond acceptors (Lipinski definition) is 2. The first-order chi connectivity index (χ1) is 7.29. The van der Waals surface area contributed by atoms with Gasteiger partial charge in [0.2, 0.25) is 0 Å². The molecule has 0 fully saturated rings. The minimum atomic E-state index is -0.379. The van der Waals surface area contributed by atoms with Crippen LogP contribution in [0, 0.1) is 0 Å². The normalized spacial score (nSPS) is 12.4. The Balaban J connectivity index is 2.76. The number of hydrogen-bond donors (Lipinski definition) is 0. The summed E-state index contributed by atoms with van der Waals surface area (Å²) in [6.45, 7) is 4.54. The SMILES string of the molecule is CCCOC(C(=O)CC)c1ccccc1. The van der Waals surface area contributed by atoms with Gasteiger partial charge in [-0.25, -0.2) is 0 Å². The predicted molar refractivity (Wildman–Crippen MR) is 60.7 cm³/mol. The molecule has 0 amide bonds. The Morgan fingerprint density at radius 1 is 1.27 bits per heavy atom. The summed E-state index contributed by atoms with van der Waals surface area (Å²) in [5, 5.41) is 0. The Bertz CT molecular complexity index is 293. The maximum absolute atomic E-state index is 11.7. The molecule has 2 nitrogen and oxygen atoms in total. The fraction of sp³-hybridized carbons (Fsp3) is 0.462. The highest BCUT2D eigenvalue weighted by Gasteiger charge is 2.18. The molecule has 0 N–H and O–H groups in total. The third-order valence-electron chi connectivity index (χ3n) is 2.23. The van der Waals surface area contributed by atoms with Crippen LogP contribution in [0.15, 0.2) is 30.3 Å². The predicted octanol–water partition coefficient (Wildman–Crippen LogP) is 3.13. The van der Waals surface area contributed by atoms with Crippen LogP contribution in [-0.2, 0) is 9.53 Å². The van der Waals surface area contributed by atoms with Crippen molar-refractivity contribution in [2.24, 2.45) is 0 Å². The number of ether oxygens (including phenoxy) is 1. The molecule has 1 unspecified atom stereocenters. The molecule has 1 aromatic carbocycles. The number of rotatable bonds is 6. The van der Waals surface area contributed by atoms with Crippen molar-refractivity contribution in [3.8, 4) is 0 Å². The van der Waals surface area contributed by atoms with Crippen molar-refractivity contribution in [3.05, 3.63) is 35.9 Å². The van der Waals surface area contributed by atoms with Gasteiger partial charge in [0, 0.05) is 13.0 Å². The van der Waals surface area contributed by atoms with Crippen LogP contribution in [0.4, 0.5) is 0 Å². The van der Waals surface area contributed by atoms with Gasteiger partial charge < -0.3 is 4.74 Å². The summed E-state index contributed by atoms with van der Waals surface area (Å²) < 4.78 is 5.58. The first-order valence-corrected chi connectivity index (χ1v) is 5.48.